The van der Waals surface area contributed by atoms with Crippen LogP contribution < -0.4 is 14.8 Å². The zero-order valence-electron chi connectivity index (χ0n) is 18.2. The van der Waals surface area contributed by atoms with Gasteiger partial charge in [-0.2, -0.15) is 4.31 Å². The van der Waals surface area contributed by atoms with Crippen LogP contribution in [0, 0.1) is 5.82 Å². The summed E-state index contributed by atoms with van der Waals surface area (Å²) in [5, 5.41) is 2.78. The number of ether oxygens (including phenoxy) is 2. The number of carbonyl (C=O) groups excluding carboxylic acids is 1. The largest absolute Gasteiger partial charge is 0.490 e. The van der Waals surface area contributed by atoms with E-state index in [1.54, 1.807) is 25.1 Å². The number of hydrogen-bond donors (Lipinski definition) is 1. The van der Waals surface area contributed by atoms with Gasteiger partial charge in [-0.25, -0.2) is 12.8 Å². The highest BCUT2D eigenvalue weighted by molar-refractivity contribution is 7.88. The fourth-order valence-electron chi connectivity index (χ4n) is 2.97. The fourth-order valence-corrected chi connectivity index (χ4v) is 3.70. The first-order chi connectivity index (χ1) is 14.7. The number of carbonyl (C=O) groups is 1. The van der Waals surface area contributed by atoms with Crippen LogP contribution in [0.1, 0.15) is 37.9 Å². The van der Waals surface area contributed by atoms with Gasteiger partial charge in [-0.1, -0.05) is 24.3 Å². The van der Waals surface area contributed by atoms with Crippen LogP contribution in [-0.4, -0.2) is 44.6 Å². The van der Waals surface area contributed by atoms with Crippen molar-refractivity contribution in [3.8, 4) is 11.5 Å². The lowest BCUT2D eigenvalue weighted by atomic mass is 10.1. The average molecular weight is 453 g/mol. The van der Waals surface area contributed by atoms with Crippen LogP contribution in [0.3, 0.4) is 0 Å². The molecule has 0 radical (unpaired) electrons. The molecule has 0 spiro atoms. The number of nitrogens with one attached hydrogen (secondary N) is 1. The third-order valence-electron chi connectivity index (χ3n) is 4.54. The second kappa shape index (κ2) is 11.1. The molecule has 0 saturated heterocycles. The highest BCUT2D eigenvalue weighted by Crippen LogP contribution is 2.30. The Kier molecular flexibility index (Phi) is 8.82. The summed E-state index contributed by atoms with van der Waals surface area (Å²) >= 11 is 0. The van der Waals surface area contributed by atoms with Crippen LogP contribution in [0.2, 0.25) is 0 Å². The van der Waals surface area contributed by atoms with Crippen molar-refractivity contribution in [1.29, 1.82) is 0 Å². The summed E-state index contributed by atoms with van der Waals surface area (Å²) in [7, 11) is -3.73. The standard InChI is InChI=1S/C22H29FN2O5S/c1-5-29-20-12-11-17(13-21(20)30-6-2)16(3)24-22(26)15-25(31(4,27)28)14-18-9-7-8-10-19(18)23/h7-13,16H,5-6,14-15H2,1-4H3,(H,24,26). The molecule has 1 unspecified atom stereocenters. The molecule has 1 atom stereocenters. The van der Waals surface area contributed by atoms with Crippen molar-refractivity contribution >= 4 is 15.9 Å². The summed E-state index contributed by atoms with van der Waals surface area (Å²) in [4.78, 5) is 12.6. The molecule has 0 fully saturated rings. The van der Waals surface area contributed by atoms with Gasteiger partial charge in [0.1, 0.15) is 5.82 Å². The van der Waals surface area contributed by atoms with Crippen LogP contribution in [-0.2, 0) is 21.4 Å². The minimum atomic E-state index is -3.73. The summed E-state index contributed by atoms with van der Waals surface area (Å²) in [6.07, 6.45) is 0.991. The Morgan fingerprint density at radius 1 is 1.10 bits per heavy atom. The van der Waals surface area contributed by atoms with Crippen molar-refractivity contribution in [2.24, 2.45) is 0 Å². The molecule has 0 aliphatic carbocycles. The number of nitrogens with zero attached hydrogens (tertiary/aromatic N) is 1. The maximum atomic E-state index is 14.0. The van der Waals surface area contributed by atoms with Crippen molar-refractivity contribution in [2.75, 3.05) is 26.0 Å². The van der Waals surface area contributed by atoms with Gasteiger partial charge in [0, 0.05) is 12.1 Å². The topological polar surface area (TPSA) is 84.9 Å². The van der Waals surface area contributed by atoms with Gasteiger partial charge in [-0.3, -0.25) is 4.79 Å². The van der Waals surface area contributed by atoms with E-state index in [9.17, 15) is 17.6 Å². The summed E-state index contributed by atoms with van der Waals surface area (Å²) in [6.45, 7) is 5.83. The lowest BCUT2D eigenvalue weighted by Crippen LogP contribution is -2.40. The van der Waals surface area contributed by atoms with Crippen molar-refractivity contribution in [2.45, 2.75) is 33.4 Å². The lowest BCUT2D eigenvalue weighted by molar-refractivity contribution is -0.122. The molecule has 2 rings (SSSR count). The number of benzene rings is 2. The molecule has 0 aromatic heterocycles. The smallest absolute Gasteiger partial charge is 0.235 e. The molecule has 2 aromatic rings. The molecule has 0 heterocycles. The van der Waals surface area contributed by atoms with Gasteiger partial charge in [0.05, 0.1) is 32.1 Å². The molecule has 0 aliphatic heterocycles. The third-order valence-corrected chi connectivity index (χ3v) is 5.73. The maximum Gasteiger partial charge on any atom is 0.235 e. The Labute approximate surface area is 183 Å². The van der Waals surface area contributed by atoms with Gasteiger partial charge in [0.2, 0.25) is 15.9 Å². The Balaban J connectivity index is 2.11. The minimum absolute atomic E-state index is 0.196. The fraction of sp³-hybridized carbons (Fsp3) is 0.409. The minimum Gasteiger partial charge on any atom is -0.490 e. The number of hydrogen-bond acceptors (Lipinski definition) is 5. The first-order valence-corrected chi connectivity index (χ1v) is 11.9. The molecule has 0 aliphatic rings. The van der Waals surface area contributed by atoms with E-state index in [-0.39, 0.29) is 12.1 Å². The van der Waals surface area contributed by atoms with E-state index in [1.807, 2.05) is 19.9 Å². The molecule has 1 N–H and O–H groups in total. The Bertz CT molecular complexity index is 997. The van der Waals surface area contributed by atoms with E-state index in [2.05, 4.69) is 5.32 Å². The van der Waals surface area contributed by atoms with Crippen LogP contribution >= 0.6 is 0 Å². The molecule has 1 amide bonds. The van der Waals surface area contributed by atoms with E-state index >= 15 is 0 Å². The summed E-state index contributed by atoms with van der Waals surface area (Å²) in [5.41, 5.74) is 0.974. The second-order valence-electron chi connectivity index (χ2n) is 6.98. The van der Waals surface area contributed by atoms with Gasteiger partial charge in [-0.15, -0.1) is 0 Å². The summed E-state index contributed by atoms with van der Waals surface area (Å²) in [6, 6.07) is 10.8. The lowest BCUT2D eigenvalue weighted by Gasteiger charge is -2.22. The van der Waals surface area contributed by atoms with Gasteiger partial charge in [0.15, 0.2) is 11.5 Å². The Morgan fingerprint density at radius 2 is 1.74 bits per heavy atom. The van der Waals surface area contributed by atoms with E-state index in [4.69, 9.17) is 9.47 Å². The first-order valence-electron chi connectivity index (χ1n) is 10.0. The van der Waals surface area contributed by atoms with Gasteiger partial charge in [-0.05, 0) is 44.5 Å². The molecule has 7 nitrogen and oxygen atoms in total. The van der Waals surface area contributed by atoms with Crippen LogP contribution in [0.5, 0.6) is 11.5 Å². The monoisotopic (exact) mass is 452 g/mol. The first kappa shape index (κ1) is 24.6. The highest BCUT2D eigenvalue weighted by atomic mass is 32.2. The number of amides is 1. The van der Waals surface area contributed by atoms with Crippen molar-refractivity contribution < 1.29 is 27.1 Å². The quantitative estimate of drug-likeness (QED) is 0.566. The molecule has 0 bridgehead atoms. The zero-order chi connectivity index (χ0) is 23.0. The van der Waals surface area contributed by atoms with Crippen molar-refractivity contribution in [3.05, 3.63) is 59.4 Å². The van der Waals surface area contributed by atoms with E-state index in [0.717, 1.165) is 16.1 Å². The molecule has 31 heavy (non-hydrogen) atoms. The summed E-state index contributed by atoms with van der Waals surface area (Å²) in [5.74, 6) is 0.156. The SMILES string of the molecule is CCOc1ccc(C(C)NC(=O)CN(Cc2ccccc2F)S(C)(=O)=O)cc1OCC. The maximum absolute atomic E-state index is 14.0. The predicted octanol–water partition coefficient (Wildman–Crippen LogP) is 3.26. The van der Waals surface area contributed by atoms with E-state index < -0.39 is 34.3 Å². The molecule has 2 aromatic carbocycles. The Morgan fingerprint density at radius 3 is 2.35 bits per heavy atom. The van der Waals surface area contributed by atoms with E-state index in [1.165, 1.54) is 18.2 Å². The second-order valence-corrected chi connectivity index (χ2v) is 8.97. The molecule has 9 heteroatoms. The molecular formula is C22H29FN2O5S. The summed E-state index contributed by atoms with van der Waals surface area (Å²) < 4.78 is 50.3. The number of rotatable bonds is 11. The number of sulfonamides is 1. The number of halogens is 1. The average Bonchev–Trinajstić information content (AvgIpc) is 2.70. The normalized spacial score (nSPS) is 12.5. The predicted molar refractivity (Wildman–Crippen MR) is 117 cm³/mol. The van der Waals surface area contributed by atoms with Crippen LogP contribution in [0.15, 0.2) is 42.5 Å². The van der Waals surface area contributed by atoms with Crippen molar-refractivity contribution in [1.82, 2.24) is 9.62 Å². The third kappa shape index (κ3) is 7.22. The molecular weight excluding hydrogens is 423 g/mol. The van der Waals surface area contributed by atoms with Crippen LogP contribution in [0.4, 0.5) is 4.39 Å². The van der Waals surface area contributed by atoms with Gasteiger partial charge in [0.25, 0.3) is 0 Å². The van der Waals surface area contributed by atoms with E-state index in [0.29, 0.717) is 24.7 Å². The van der Waals surface area contributed by atoms with Gasteiger partial charge < -0.3 is 14.8 Å². The zero-order valence-corrected chi connectivity index (χ0v) is 19.0. The Hall–Kier alpha value is -2.65. The van der Waals surface area contributed by atoms with Crippen molar-refractivity contribution in [3.63, 3.8) is 0 Å². The molecule has 170 valence electrons. The van der Waals surface area contributed by atoms with Crippen LogP contribution in [0.25, 0.3) is 0 Å². The molecule has 0 saturated carbocycles. The highest BCUT2D eigenvalue weighted by Gasteiger charge is 2.23. The van der Waals surface area contributed by atoms with Gasteiger partial charge >= 0.3 is 0 Å².